The lowest BCUT2D eigenvalue weighted by molar-refractivity contribution is 0.352. The highest BCUT2D eigenvalue weighted by Gasteiger charge is 2.33. The predicted octanol–water partition coefficient (Wildman–Crippen LogP) is 1.62. The zero-order chi connectivity index (χ0) is 7.26. The van der Waals surface area contributed by atoms with E-state index in [1.165, 1.54) is 12.8 Å². The molecule has 1 saturated carbocycles. The molecular formula is C8H9NO2. The molecule has 2 fully saturated rings. The molecule has 1 atom stereocenters. The first kappa shape index (κ1) is 5.77. The van der Waals surface area contributed by atoms with Crippen LogP contribution in [0.3, 0.4) is 0 Å². The Morgan fingerprint density at radius 2 is 2.27 bits per heavy atom. The number of epoxide rings is 1. The van der Waals surface area contributed by atoms with Gasteiger partial charge in [0.2, 0.25) is 5.89 Å². The van der Waals surface area contributed by atoms with Gasteiger partial charge in [-0.2, -0.15) is 0 Å². The summed E-state index contributed by atoms with van der Waals surface area (Å²) in [4.78, 5) is 4.15. The van der Waals surface area contributed by atoms with E-state index in [1.807, 2.05) is 6.20 Å². The number of oxazole rings is 1. The van der Waals surface area contributed by atoms with Crippen LogP contribution in [0.4, 0.5) is 0 Å². The van der Waals surface area contributed by atoms with Crippen molar-refractivity contribution in [2.45, 2.75) is 24.9 Å². The Hall–Kier alpha value is -0.830. The van der Waals surface area contributed by atoms with E-state index in [9.17, 15) is 0 Å². The standard InChI is InChI=1S/C8H9NO2/c1-2-5(1)6-3-9-8(11-6)7-4-10-7/h3,5,7H,1-2,4H2. The van der Waals surface area contributed by atoms with Crippen LogP contribution >= 0.6 is 0 Å². The minimum atomic E-state index is 0.169. The Morgan fingerprint density at radius 1 is 1.45 bits per heavy atom. The number of nitrogens with zero attached hydrogens (tertiary/aromatic N) is 1. The molecule has 0 spiro atoms. The highest BCUT2D eigenvalue weighted by atomic mass is 16.6. The summed E-state index contributed by atoms with van der Waals surface area (Å²) >= 11 is 0. The van der Waals surface area contributed by atoms with Crippen LogP contribution in [0, 0.1) is 0 Å². The maximum atomic E-state index is 5.50. The Bertz CT molecular complexity index is 247. The van der Waals surface area contributed by atoms with Crippen molar-refractivity contribution in [3.63, 3.8) is 0 Å². The van der Waals surface area contributed by atoms with Crippen molar-refractivity contribution >= 4 is 0 Å². The molecule has 1 aliphatic carbocycles. The van der Waals surface area contributed by atoms with Gasteiger partial charge < -0.3 is 9.15 Å². The second-order valence-corrected chi connectivity index (χ2v) is 3.20. The van der Waals surface area contributed by atoms with Gasteiger partial charge in [-0.05, 0) is 12.8 Å². The molecule has 2 aliphatic rings. The van der Waals surface area contributed by atoms with E-state index in [0.29, 0.717) is 5.92 Å². The molecule has 1 unspecified atom stereocenters. The Balaban J connectivity index is 1.88. The molecule has 1 aromatic heterocycles. The summed E-state index contributed by atoms with van der Waals surface area (Å²) in [5, 5.41) is 0. The van der Waals surface area contributed by atoms with Gasteiger partial charge in [-0.15, -0.1) is 0 Å². The lowest BCUT2D eigenvalue weighted by Crippen LogP contribution is -1.76. The number of aromatic nitrogens is 1. The third kappa shape index (κ3) is 0.959. The number of hydrogen-bond acceptors (Lipinski definition) is 3. The predicted molar refractivity (Wildman–Crippen MR) is 37.2 cm³/mol. The normalized spacial score (nSPS) is 28.9. The van der Waals surface area contributed by atoms with Crippen LogP contribution in [0.15, 0.2) is 10.6 Å². The number of rotatable bonds is 2. The Kier molecular flexibility index (Phi) is 0.973. The maximum Gasteiger partial charge on any atom is 0.225 e. The Labute approximate surface area is 64.4 Å². The van der Waals surface area contributed by atoms with E-state index in [2.05, 4.69) is 4.98 Å². The van der Waals surface area contributed by atoms with Gasteiger partial charge in [0.1, 0.15) is 5.76 Å². The fourth-order valence-corrected chi connectivity index (χ4v) is 1.20. The van der Waals surface area contributed by atoms with Gasteiger partial charge in [0.05, 0.1) is 12.8 Å². The van der Waals surface area contributed by atoms with Crippen molar-refractivity contribution in [2.75, 3.05) is 6.61 Å². The van der Waals surface area contributed by atoms with Gasteiger partial charge >= 0.3 is 0 Å². The molecule has 11 heavy (non-hydrogen) atoms. The van der Waals surface area contributed by atoms with E-state index in [-0.39, 0.29) is 6.10 Å². The van der Waals surface area contributed by atoms with Crippen molar-refractivity contribution in [3.8, 4) is 0 Å². The summed E-state index contributed by atoms with van der Waals surface area (Å²) in [5.74, 6) is 2.48. The van der Waals surface area contributed by atoms with E-state index >= 15 is 0 Å². The van der Waals surface area contributed by atoms with E-state index < -0.39 is 0 Å². The summed E-state index contributed by atoms with van der Waals surface area (Å²) in [7, 11) is 0. The summed E-state index contributed by atoms with van der Waals surface area (Å²) in [5.41, 5.74) is 0. The van der Waals surface area contributed by atoms with E-state index in [0.717, 1.165) is 18.3 Å². The SMILES string of the molecule is c1nc(C2CO2)oc1C1CC1. The third-order valence-corrected chi connectivity index (χ3v) is 2.13. The average Bonchev–Trinajstić information content (AvgIpc) is 2.90. The van der Waals surface area contributed by atoms with Crippen molar-refractivity contribution in [2.24, 2.45) is 0 Å². The van der Waals surface area contributed by atoms with Gasteiger partial charge in [0.25, 0.3) is 0 Å². The van der Waals surface area contributed by atoms with Crippen molar-refractivity contribution < 1.29 is 9.15 Å². The molecule has 1 aromatic rings. The molecule has 2 heterocycles. The van der Waals surface area contributed by atoms with Crippen LogP contribution in [-0.4, -0.2) is 11.6 Å². The topological polar surface area (TPSA) is 38.6 Å². The third-order valence-electron chi connectivity index (χ3n) is 2.13. The first-order chi connectivity index (χ1) is 5.43. The first-order valence-electron chi connectivity index (χ1n) is 4.01. The molecule has 1 aliphatic heterocycles. The lowest BCUT2D eigenvalue weighted by atomic mass is 10.3. The molecule has 0 amide bonds. The van der Waals surface area contributed by atoms with Gasteiger partial charge in [0, 0.05) is 5.92 Å². The molecular weight excluding hydrogens is 142 g/mol. The molecule has 1 saturated heterocycles. The minimum absolute atomic E-state index is 0.169. The number of hydrogen-bond donors (Lipinski definition) is 0. The first-order valence-corrected chi connectivity index (χ1v) is 4.01. The summed E-state index contributed by atoms with van der Waals surface area (Å²) in [6.07, 6.45) is 4.54. The zero-order valence-electron chi connectivity index (χ0n) is 6.12. The molecule has 3 heteroatoms. The second-order valence-electron chi connectivity index (χ2n) is 3.20. The van der Waals surface area contributed by atoms with Crippen LogP contribution in [0.1, 0.15) is 36.5 Å². The van der Waals surface area contributed by atoms with Crippen molar-refractivity contribution in [1.29, 1.82) is 0 Å². The minimum Gasteiger partial charge on any atom is -0.442 e. The Morgan fingerprint density at radius 3 is 2.91 bits per heavy atom. The second kappa shape index (κ2) is 1.85. The van der Waals surface area contributed by atoms with Gasteiger partial charge in [-0.25, -0.2) is 4.98 Å². The summed E-state index contributed by atoms with van der Waals surface area (Å²) < 4.78 is 10.5. The highest BCUT2D eigenvalue weighted by Crippen LogP contribution is 2.41. The molecule has 3 rings (SSSR count). The van der Waals surface area contributed by atoms with Crippen LogP contribution < -0.4 is 0 Å². The van der Waals surface area contributed by atoms with E-state index in [1.54, 1.807) is 0 Å². The quantitative estimate of drug-likeness (QED) is 0.603. The molecule has 3 nitrogen and oxygen atoms in total. The van der Waals surface area contributed by atoms with Crippen LogP contribution in [0.25, 0.3) is 0 Å². The summed E-state index contributed by atoms with van der Waals surface area (Å²) in [6.45, 7) is 0.782. The molecule has 0 bridgehead atoms. The molecule has 0 radical (unpaired) electrons. The van der Waals surface area contributed by atoms with Crippen LogP contribution in [0.5, 0.6) is 0 Å². The van der Waals surface area contributed by atoms with Gasteiger partial charge in [0.15, 0.2) is 6.10 Å². The maximum absolute atomic E-state index is 5.50. The van der Waals surface area contributed by atoms with Crippen molar-refractivity contribution in [3.05, 3.63) is 17.8 Å². The monoisotopic (exact) mass is 151 g/mol. The fourth-order valence-electron chi connectivity index (χ4n) is 1.20. The smallest absolute Gasteiger partial charge is 0.225 e. The lowest BCUT2D eigenvalue weighted by Gasteiger charge is -1.86. The molecule has 0 aromatic carbocycles. The van der Waals surface area contributed by atoms with Crippen LogP contribution in [-0.2, 0) is 4.74 Å². The van der Waals surface area contributed by atoms with Crippen molar-refractivity contribution in [1.82, 2.24) is 4.98 Å². The zero-order valence-corrected chi connectivity index (χ0v) is 6.12. The average molecular weight is 151 g/mol. The van der Waals surface area contributed by atoms with Gasteiger partial charge in [-0.1, -0.05) is 0 Å². The van der Waals surface area contributed by atoms with Gasteiger partial charge in [-0.3, -0.25) is 0 Å². The van der Waals surface area contributed by atoms with E-state index in [4.69, 9.17) is 9.15 Å². The number of ether oxygens (including phenoxy) is 1. The molecule has 0 N–H and O–H groups in total. The molecule has 58 valence electrons. The summed E-state index contributed by atoms with van der Waals surface area (Å²) in [6, 6.07) is 0. The fraction of sp³-hybridized carbons (Fsp3) is 0.625. The largest absolute Gasteiger partial charge is 0.442 e. The highest BCUT2D eigenvalue weighted by molar-refractivity contribution is 5.10. The van der Waals surface area contributed by atoms with Crippen LogP contribution in [0.2, 0.25) is 0 Å².